The zero-order chi connectivity index (χ0) is 16.4. The number of likely N-dealkylation sites (tertiary alicyclic amines) is 1. The Bertz CT molecular complexity index is 543. The second-order valence-corrected chi connectivity index (χ2v) is 7.91. The van der Waals surface area contributed by atoms with E-state index in [-0.39, 0.29) is 18.3 Å². The van der Waals surface area contributed by atoms with Crippen molar-refractivity contribution in [1.82, 2.24) is 10.2 Å². The van der Waals surface area contributed by atoms with Crippen molar-refractivity contribution in [2.45, 2.75) is 57.9 Å². The summed E-state index contributed by atoms with van der Waals surface area (Å²) < 4.78 is 0. The average molecular weight is 351 g/mol. The van der Waals surface area contributed by atoms with Crippen LogP contribution in [0, 0.1) is 12.8 Å². The first-order valence-corrected chi connectivity index (χ1v) is 9.07. The second-order valence-electron chi connectivity index (χ2n) is 7.91. The molecule has 1 aliphatic carbocycles. The van der Waals surface area contributed by atoms with Crippen LogP contribution in [0.1, 0.15) is 50.7 Å². The van der Waals surface area contributed by atoms with Gasteiger partial charge in [-0.2, -0.15) is 0 Å². The molecule has 1 heterocycles. The van der Waals surface area contributed by atoms with Gasteiger partial charge in [0.05, 0.1) is 5.41 Å². The molecule has 2 aliphatic rings. The number of carbonyl (C=O) groups is 1. The Hall–Kier alpha value is -1.06. The fraction of sp³-hybridized carbons (Fsp3) is 0.650. The third kappa shape index (κ3) is 4.52. The summed E-state index contributed by atoms with van der Waals surface area (Å²) in [6.07, 6.45) is 4.97. The zero-order valence-corrected chi connectivity index (χ0v) is 16.0. The second kappa shape index (κ2) is 7.88. The topological polar surface area (TPSA) is 32.3 Å². The summed E-state index contributed by atoms with van der Waals surface area (Å²) in [5.41, 5.74) is 1.91. The van der Waals surface area contributed by atoms with Crippen LogP contribution in [0.3, 0.4) is 0 Å². The van der Waals surface area contributed by atoms with Crippen LogP contribution in [0.25, 0.3) is 0 Å². The minimum atomic E-state index is -0.442. The average Bonchev–Trinajstić information content (AvgIpc) is 3.37. The number of nitrogens with one attached hydrogen (secondary N) is 1. The minimum Gasteiger partial charge on any atom is -0.342 e. The lowest BCUT2D eigenvalue weighted by atomic mass is 9.82. The highest BCUT2D eigenvalue weighted by molar-refractivity contribution is 5.87. The highest BCUT2D eigenvalue weighted by atomic mass is 35.5. The Labute approximate surface area is 152 Å². The first kappa shape index (κ1) is 19.3. The molecule has 0 aromatic heterocycles. The molecule has 0 atom stereocenters. The lowest BCUT2D eigenvalue weighted by molar-refractivity contribution is -0.137. The van der Waals surface area contributed by atoms with Crippen LogP contribution in [-0.2, 0) is 10.2 Å². The lowest BCUT2D eigenvalue weighted by Gasteiger charge is -2.37. The maximum absolute atomic E-state index is 13.0. The number of carbonyl (C=O) groups excluding carboxylic acids is 1. The maximum atomic E-state index is 13.0. The summed E-state index contributed by atoms with van der Waals surface area (Å²) in [4.78, 5) is 15.1. The van der Waals surface area contributed by atoms with E-state index in [4.69, 9.17) is 0 Å². The smallest absolute Gasteiger partial charge is 0.232 e. The van der Waals surface area contributed by atoms with Crippen LogP contribution >= 0.6 is 12.4 Å². The van der Waals surface area contributed by atoms with Gasteiger partial charge < -0.3 is 10.2 Å². The molecule has 1 aromatic carbocycles. The van der Waals surface area contributed by atoms with Crippen LogP contribution in [0.15, 0.2) is 24.3 Å². The highest BCUT2D eigenvalue weighted by Gasteiger charge is 2.35. The monoisotopic (exact) mass is 350 g/mol. The number of amides is 1. The lowest BCUT2D eigenvalue weighted by Crippen LogP contribution is -2.50. The van der Waals surface area contributed by atoms with Crippen molar-refractivity contribution in [1.29, 1.82) is 0 Å². The molecule has 24 heavy (non-hydrogen) atoms. The fourth-order valence-corrected chi connectivity index (χ4v) is 3.43. The predicted molar refractivity (Wildman–Crippen MR) is 102 cm³/mol. The molecule has 1 N–H and O–H groups in total. The Morgan fingerprint density at radius 3 is 2.25 bits per heavy atom. The van der Waals surface area contributed by atoms with Gasteiger partial charge in [0.1, 0.15) is 0 Å². The van der Waals surface area contributed by atoms with Crippen LogP contribution in [-0.4, -0.2) is 36.5 Å². The standard InChI is InChI=1S/C20H30N2O.ClH/c1-15-4-8-17(9-5-15)20(2,3)19(23)22-12-10-18(11-13-22)21-14-16-6-7-16;/h4-5,8-9,16,18,21H,6-7,10-14H2,1-3H3;1H. The van der Waals surface area contributed by atoms with E-state index in [1.54, 1.807) is 0 Å². The first-order valence-electron chi connectivity index (χ1n) is 9.07. The number of rotatable bonds is 5. The minimum absolute atomic E-state index is 0. The number of hydrogen-bond donors (Lipinski definition) is 1. The summed E-state index contributed by atoms with van der Waals surface area (Å²) in [6.45, 7) is 9.13. The molecule has 1 aromatic rings. The van der Waals surface area contributed by atoms with Gasteiger partial charge >= 0.3 is 0 Å². The molecule has 1 amide bonds. The molecule has 2 fully saturated rings. The molecule has 0 spiro atoms. The molecular weight excluding hydrogens is 320 g/mol. The van der Waals surface area contributed by atoms with Gasteiger partial charge in [0.2, 0.25) is 5.91 Å². The molecule has 0 bridgehead atoms. The van der Waals surface area contributed by atoms with E-state index in [1.807, 2.05) is 0 Å². The van der Waals surface area contributed by atoms with Gasteiger partial charge in [0.15, 0.2) is 0 Å². The number of benzene rings is 1. The van der Waals surface area contributed by atoms with Crippen LogP contribution in [0.4, 0.5) is 0 Å². The maximum Gasteiger partial charge on any atom is 0.232 e. The van der Waals surface area contributed by atoms with Gasteiger partial charge in [0.25, 0.3) is 0 Å². The van der Waals surface area contributed by atoms with Gasteiger partial charge in [-0.3, -0.25) is 4.79 Å². The Morgan fingerprint density at radius 1 is 1.12 bits per heavy atom. The van der Waals surface area contributed by atoms with E-state index in [1.165, 1.54) is 24.9 Å². The Morgan fingerprint density at radius 2 is 1.71 bits per heavy atom. The van der Waals surface area contributed by atoms with Gasteiger partial charge in [-0.25, -0.2) is 0 Å². The molecule has 1 aliphatic heterocycles. The molecule has 134 valence electrons. The first-order chi connectivity index (χ1) is 11.0. The number of piperidine rings is 1. The largest absolute Gasteiger partial charge is 0.342 e. The number of halogens is 1. The van der Waals surface area contributed by atoms with Gasteiger partial charge in [0, 0.05) is 19.1 Å². The fourth-order valence-electron chi connectivity index (χ4n) is 3.43. The third-order valence-electron chi connectivity index (χ3n) is 5.48. The van der Waals surface area contributed by atoms with Crippen molar-refractivity contribution >= 4 is 18.3 Å². The zero-order valence-electron chi connectivity index (χ0n) is 15.2. The molecule has 1 saturated heterocycles. The van der Waals surface area contributed by atoms with Crippen LogP contribution < -0.4 is 5.32 Å². The van der Waals surface area contributed by atoms with E-state index in [0.29, 0.717) is 6.04 Å². The van der Waals surface area contributed by atoms with Crippen molar-refractivity contribution < 1.29 is 4.79 Å². The molecule has 1 saturated carbocycles. The van der Waals surface area contributed by atoms with Crippen molar-refractivity contribution in [3.05, 3.63) is 35.4 Å². The van der Waals surface area contributed by atoms with Crippen molar-refractivity contribution in [3.63, 3.8) is 0 Å². The van der Waals surface area contributed by atoms with E-state index in [0.717, 1.165) is 37.4 Å². The SMILES string of the molecule is Cc1ccc(C(C)(C)C(=O)N2CCC(NCC3CC3)CC2)cc1.Cl. The molecule has 0 radical (unpaired) electrons. The Balaban J connectivity index is 0.00000208. The molecule has 3 nitrogen and oxygen atoms in total. The van der Waals surface area contributed by atoms with Crippen LogP contribution in [0.5, 0.6) is 0 Å². The van der Waals surface area contributed by atoms with Gasteiger partial charge in [-0.05, 0) is 64.5 Å². The van der Waals surface area contributed by atoms with E-state index < -0.39 is 5.41 Å². The van der Waals surface area contributed by atoms with E-state index in [9.17, 15) is 4.79 Å². The molecular formula is C20H31ClN2O. The van der Waals surface area contributed by atoms with Gasteiger partial charge in [-0.15, -0.1) is 12.4 Å². The van der Waals surface area contributed by atoms with Crippen molar-refractivity contribution in [2.24, 2.45) is 5.92 Å². The number of aryl methyl sites for hydroxylation is 1. The predicted octanol–water partition coefficient (Wildman–Crippen LogP) is 3.69. The van der Waals surface area contributed by atoms with Crippen molar-refractivity contribution in [3.8, 4) is 0 Å². The third-order valence-corrected chi connectivity index (χ3v) is 5.48. The highest BCUT2D eigenvalue weighted by Crippen LogP contribution is 2.29. The molecule has 3 rings (SSSR count). The molecule has 0 unspecified atom stereocenters. The normalized spacial score (nSPS) is 19.0. The Kier molecular flexibility index (Phi) is 6.33. The van der Waals surface area contributed by atoms with E-state index in [2.05, 4.69) is 55.3 Å². The quantitative estimate of drug-likeness (QED) is 0.878. The number of nitrogens with zero attached hydrogens (tertiary/aromatic N) is 1. The summed E-state index contributed by atoms with van der Waals surface area (Å²) in [5.74, 6) is 1.19. The molecule has 4 heteroatoms. The number of hydrogen-bond acceptors (Lipinski definition) is 2. The summed E-state index contributed by atoms with van der Waals surface area (Å²) in [7, 11) is 0. The van der Waals surface area contributed by atoms with Gasteiger partial charge in [-0.1, -0.05) is 29.8 Å². The van der Waals surface area contributed by atoms with Crippen molar-refractivity contribution in [2.75, 3.05) is 19.6 Å². The summed E-state index contributed by atoms with van der Waals surface area (Å²) in [5, 5.41) is 3.68. The van der Waals surface area contributed by atoms with E-state index >= 15 is 0 Å². The summed E-state index contributed by atoms with van der Waals surface area (Å²) >= 11 is 0. The summed E-state index contributed by atoms with van der Waals surface area (Å²) in [6, 6.07) is 8.98. The van der Waals surface area contributed by atoms with Crippen LogP contribution in [0.2, 0.25) is 0 Å².